The van der Waals surface area contributed by atoms with Gasteiger partial charge in [0.15, 0.2) is 11.6 Å². The van der Waals surface area contributed by atoms with Gasteiger partial charge in [-0.3, -0.25) is 4.79 Å². The Morgan fingerprint density at radius 3 is 2.77 bits per heavy atom. The van der Waals surface area contributed by atoms with Crippen molar-refractivity contribution in [1.82, 2.24) is 4.57 Å². The van der Waals surface area contributed by atoms with E-state index in [-0.39, 0.29) is 40.2 Å². The van der Waals surface area contributed by atoms with Gasteiger partial charge in [0, 0.05) is 31.2 Å². The maximum absolute atomic E-state index is 15.3. The van der Waals surface area contributed by atoms with Gasteiger partial charge < -0.3 is 25.0 Å². The number of methoxy groups -OCH3 is 1. The zero-order valence-electron chi connectivity index (χ0n) is 16.5. The van der Waals surface area contributed by atoms with Crippen molar-refractivity contribution in [2.75, 3.05) is 25.1 Å². The fraction of sp³-hybridized carbons (Fsp3) is 0.524. The van der Waals surface area contributed by atoms with Gasteiger partial charge in [0.1, 0.15) is 17.4 Å². The van der Waals surface area contributed by atoms with E-state index >= 15 is 4.39 Å². The highest BCUT2D eigenvalue weighted by Gasteiger charge is 2.48. The molecule has 1 aliphatic heterocycles. The Labute approximate surface area is 171 Å². The average molecular weight is 419 g/mol. The molecule has 9 heteroatoms. The molecule has 30 heavy (non-hydrogen) atoms. The number of carbonyl (C=O) groups is 1. The van der Waals surface area contributed by atoms with Crippen LogP contribution in [0.1, 0.15) is 42.1 Å². The van der Waals surface area contributed by atoms with E-state index in [0.717, 1.165) is 31.5 Å². The molecule has 3 aliphatic rings. The van der Waals surface area contributed by atoms with Crippen molar-refractivity contribution < 1.29 is 23.4 Å². The molecule has 4 unspecified atom stereocenters. The molecule has 5 rings (SSSR count). The van der Waals surface area contributed by atoms with Gasteiger partial charge >= 0.3 is 5.97 Å². The van der Waals surface area contributed by atoms with Gasteiger partial charge in [0.2, 0.25) is 5.43 Å². The molecule has 3 N–H and O–H groups in total. The lowest BCUT2D eigenvalue weighted by atomic mass is 9.92. The number of carboxylic acids is 1. The number of nitrogens with zero attached hydrogens (tertiary/aromatic N) is 2. The quantitative estimate of drug-likeness (QED) is 0.790. The van der Waals surface area contributed by atoms with Gasteiger partial charge in [-0.25, -0.2) is 13.6 Å². The van der Waals surface area contributed by atoms with Crippen LogP contribution in [0.3, 0.4) is 0 Å². The Balaban J connectivity index is 1.76. The maximum Gasteiger partial charge on any atom is 0.341 e. The Hall–Kier alpha value is -2.68. The fourth-order valence-corrected chi connectivity index (χ4v) is 5.29. The number of nitrogens with two attached hydrogens (primary N) is 1. The zero-order valence-corrected chi connectivity index (χ0v) is 16.5. The molecule has 160 valence electrons. The molecule has 4 atom stereocenters. The normalized spacial score (nSPS) is 30.0. The molecule has 2 heterocycles. The van der Waals surface area contributed by atoms with E-state index in [1.165, 1.54) is 11.7 Å². The minimum Gasteiger partial charge on any atom is -0.492 e. The highest BCUT2D eigenvalue weighted by atomic mass is 19.1. The second-order valence-corrected chi connectivity index (χ2v) is 8.74. The summed E-state index contributed by atoms with van der Waals surface area (Å²) in [5.41, 5.74) is 5.24. The summed E-state index contributed by atoms with van der Waals surface area (Å²) in [4.78, 5) is 26.2. The summed E-state index contributed by atoms with van der Waals surface area (Å²) in [7, 11) is 1.37. The fourth-order valence-electron chi connectivity index (χ4n) is 5.29. The Morgan fingerprint density at radius 2 is 2.17 bits per heavy atom. The number of aromatic carboxylic acids is 1. The minimum absolute atomic E-state index is 0.113. The van der Waals surface area contributed by atoms with Crippen LogP contribution in [0.25, 0.3) is 10.9 Å². The van der Waals surface area contributed by atoms with Crippen LogP contribution in [0.5, 0.6) is 5.75 Å². The van der Waals surface area contributed by atoms with E-state index in [9.17, 15) is 19.1 Å². The molecule has 2 saturated carbocycles. The van der Waals surface area contributed by atoms with Crippen LogP contribution in [0.2, 0.25) is 0 Å². The van der Waals surface area contributed by atoms with Crippen molar-refractivity contribution in [2.45, 2.75) is 43.4 Å². The molecule has 2 aromatic rings. The van der Waals surface area contributed by atoms with Crippen molar-refractivity contribution in [1.29, 1.82) is 0 Å². The average Bonchev–Trinajstić information content (AvgIpc) is 3.16. The first-order valence-corrected chi connectivity index (χ1v) is 10.1. The van der Waals surface area contributed by atoms with E-state index in [1.54, 1.807) is 0 Å². The third kappa shape index (κ3) is 2.64. The first kappa shape index (κ1) is 19.3. The van der Waals surface area contributed by atoms with Crippen LogP contribution in [-0.4, -0.2) is 47.6 Å². The summed E-state index contributed by atoms with van der Waals surface area (Å²) < 4.78 is 36.3. The van der Waals surface area contributed by atoms with E-state index in [1.807, 2.05) is 4.90 Å². The number of halogens is 2. The molecule has 0 radical (unpaired) electrons. The Bertz CT molecular complexity index is 1130. The summed E-state index contributed by atoms with van der Waals surface area (Å²) in [6, 6.07) is 0.433. The number of hydrogen-bond acceptors (Lipinski definition) is 5. The second-order valence-electron chi connectivity index (χ2n) is 8.74. The summed E-state index contributed by atoms with van der Waals surface area (Å²) in [6.07, 6.45) is 3.07. The molecule has 3 fully saturated rings. The molecule has 1 saturated heterocycles. The number of fused-ring (bicyclic) bond motifs is 2. The molecular formula is C21H23F2N3O4. The molecule has 0 spiro atoms. The van der Waals surface area contributed by atoms with E-state index in [4.69, 9.17) is 10.5 Å². The monoisotopic (exact) mass is 419 g/mol. The van der Waals surface area contributed by atoms with Crippen LogP contribution in [-0.2, 0) is 0 Å². The van der Waals surface area contributed by atoms with Crippen LogP contribution in [0.15, 0.2) is 17.1 Å². The van der Waals surface area contributed by atoms with Crippen LogP contribution in [0, 0.1) is 11.7 Å². The predicted octanol–water partition coefficient (Wildman–Crippen LogP) is 2.45. The first-order chi connectivity index (χ1) is 14.2. The summed E-state index contributed by atoms with van der Waals surface area (Å²) in [5, 5.41) is 9.28. The summed E-state index contributed by atoms with van der Waals surface area (Å²) >= 11 is 0. The molecule has 2 aliphatic carbocycles. The Morgan fingerprint density at radius 1 is 1.43 bits per heavy atom. The van der Waals surface area contributed by atoms with E-state index < -0.39 is 35.0 Å². The topological polar surface area (TPSA) is 97.8 Å². The van der Waals surface area contributed by atoms with Crippen LogP contribution < -0.4 is 20.8 Å². The third-order valence-electron chi connectivity index (χ3n) is 6.92. The van der Waals surface area contributed by atoms with Crippen molar-refractivity contribution in [3.63, 3.8) is 0 Å². The lowest BCUT2D eigenvalue weighted by molar-refractivity contribution is 0.0694. The number of benzene rings is 1. The third-order valence-corrected chi connectivity index (χ3v) is 6.92. The number of ether oxygens (including phenoxy) is 1. The highest BCUT2D eigenvalue weighted by Crippen LogP contribution is 2.48. The minimum atomic E-state index is -1.44. The molecule has 7 nitrogen and oxygen atoms in total. The van der Waals surface area contributed by atoms with Crippen molar-refractivity contribution in [3.05, 3.63) is 33.9 Å². The number of aromatic nitrogens is 1. The highest BCUT2D eigenvalue weighted by molar-refractivity contribution is 5.97. The molecule has 1 aromatic heterocycles. The van der Waals surface area contributed by atoms with E-state index in [2.05, 4.69) is 0 Å². The SMILES string of the molecule is COc1c(N2CC3CCCC3(N)C2)c(F)cc2c(=O)c(C(=O)O)cn(C3CC3F)c12. The second kappa shape index (κ2) is 6.41. The Kier molecular flexibility index (Phi) is 4.12. The lowest BCUT2D eigenvalue weighted by Crippen LogP contribution is -2.44. The van der Waals surface area contributed by atoms with Gasteiger partial charge in [-0.15, -0.1) is 0 Å². The van der Waals surface area contributed by atoms with Gasteiger partial charge in [-0.05, 0) is 24.8 Å². The molecular weight excluding hydrogens is 396 g/mol. The number of rotatable bonds is 4. The van der Waals surface area contributed by atoms with Crippen molar-refractivity contribution in [3.8, 4) is 5.75 Å². The summed E-state index contributed by atoms with van der Waals surface area (Å²) in [6.45, 7) is 1.03. The standard InChI is InChI=1S/C21H23F2N3O4/c1-30-19-16-11(18(27)12(20(28)29)8-26(16)15-6-13(15)22)5-14(23)17(19)25-7-10-3-2-4-21(10,24)9-25/h5,8,10,13,15H,2-4,6-7,9,24H2,1H3,(H,28,29). The molecule has 0 bridgehead atoms. The van der Waals surface area contributed by atoms with Gasteiger partial charge in [-0.2, -0.15) is 0 Å². The van der Waals surface area contributed by atoms with Gasteiger partial charge in [0.25, 0.3) is 0 Å². The van der Waals surface area contributed by atoms with Crippen molar-refractivity contribution in [2.24, 2.45) is 11.7 Å². The number of pyridine rings is 1. The number of alkyl halides is 1. The first-order valence-electron chi connectivity index (χ1n) is 10.1. The lowest BCUT2D eigenvalue weighted by Gasteiger charge is -2.27. The number of anilines is 1. The zero-order chi connectivity index (χ0) is 21.4. The number of hydrogen-bond donors (Lipinski definition) is 2. The van der Waals surface area contributed by atoms with Crippen LogP contribution >= 0.6 is 0 Å². The largest absolute Gasteiger partial charge is 0.492 e. The van der Waals surface area contributed by atoms with Crippen molar-refractivity contribution >= 4 is 22.6 Å². The van der Waals surface area contributed by atoms with E-state index in [0.29, 0.717) is 13.1 Å². The predicted molar refractivity (Wildman–Crippen MR) is 107 cm³/mol. The van der Waals surface area contributed by atoms with Gasteiger partial charge in [-0.1, -0.05) is 6.42 Å². The smallest absolute Gasteiger partial charge is 0.341 e. The summed E-state index contributed by atoms with van der Waals surface area (Å²) in [5.74, 6) is -1.76. The van der Waals surface area contributed by atoms with Gasteiger partial charge in [0.05, 0.1) is 24.1 Å². The van der Waals surface area contributed by atoms with Crippen LogP contribution in [0.4, 0.5) is 14.5 Å². The maximum atomic E-state index is 15.3. The molecule has 1 aromatic carbocycles. The molecule has 0 amide bonds. The number of carboxylic acid groups (broad SMARTS) is 1.